The number of aliphatic hydroxyl groups excluding tert-OH is 1. The maximum atomic E-state index is 9.13. The molecule has 7 nitrogen and oxygen atoms in total. The van der Waals surface area contributed by atoms with E-state index in [4.69, 9.17) is 9.84 Å². The van der Waals surface area contributed by atoms with Crippen LogP contribution < -0.4 is 0 Å². The zero-order valence-corrected chi connectivity index (χ0v) is 10.4. The van der Waals surface area contributed by atoms with Gasteiger partial charge in [-0.25, -0.2) is 0 Å². The predicted octanol–water partition coefficient (Wildman–Crippen LogP) is 0.320. The second-order valence-corrected chi connectivity index (χ2v) is 4.36. The largest absolute Gasteiger partial charge is 0.390 e. The molecule has 92 valence electrons. The van der Waals surface area contributed by atoms with Crippen LogP contribution in [0.3, 0.4) is 0 Å². The van der Waals surface area contributed by atoms with Crippen molar-refractivity contribution in [2.75, 3.05) is 7.11 Å². The van der Waals surface area contributed by atoms with Gasteiger partial charge in [0.25, 0.3) is 0 Å². The van der Waals surface area contributed by atoms with Gasteiger partial charge in [0.1, 0.15) is 17.3 Å². The molecule has 2 rings (SSSR count). The van der Waals surface area contributed by atoms with Crippen molar-refractivity contribution in [2.45, 2.75) is 26.6 Å². The molecule has 0 amide bonds. The van der Waals surface area contributed by atoms with E-state index in [0.717, 1.165) is 17.1 Å². The molecule has 0 unspecified atom stereocenters. The lowest BCUT2D eigenvalue weighted by atomic mass is 10.3. The molecule has 0 saturated heterocycles. The van der Waals surface area contributed by atoms with Gasteiger partial charge in [-0.1, -0.05) is 23.5 Å². The molecule has 2 aromatic heterocycles. The van der Waals surface area contributed by atoms with E-state index in [2.05, 4.69) is 20.5 Å². The quantitative estimate of drug-likeness (QED) is 0.828. The number of aliphatic hydroxyl groups is 1. The Kier molecular flexibility index (Phi) is 3.77. The van der Waals surface area contributed by atoms with Crippen molar-refractivity contribution in [3.63, 3.8) is 0 Å². The summed E-state index contributed by atoms with van der Waals surface area (Å²) < 4.78 is 6.60. The van der Waals surface area contributed by atoms with Crippen LogP contribution in [0, 0.1) is 0 Å². The molecule has 1 N–H and O–H groups in total. The third-order valence-electron chi connectivity index (χ3n) is 2.23. The second-order valence-electron chi connectivity index (χ2n) is 3.32. The Labute approximate surface area is 102 Å². The van der Waals surface area contributed by atoms with Crippen molar-refractivity contribution in [3.8, 4) is 5.13 Å². The fourth-order valence-corrected chi connectivity index (χ4v) is 2.26. The first-order valence-electron chi connectivity index (χ1n) is 5.16. The van der Waals surface area contributed by atoms with Crippen molar-refractivity contribution in [1.29, 1.82) is 0 Å². The van der Waals surface area contributed by atoms with Crippen LogP contribution in [0.25, 0.3) is 5.13 Å². The highest BCUT2D eigenvalue weighted by Gasteiger charge is 2.15. The molecule has 0 fully saturated rings. The van der Waals surface area contributed by atoms with Crippen LogP contribution in [0.1, 0.15) is 23.3 Å². The minimum Gasteiger partial charge on any atom is -0.390 e. The Morgan fingerprint density at radius 2 is 2.18 bits per heavy atom. The molecule has 0 aromatic carbocycles. The monoisotopic (exact) mass is 255 g/mol. The standard InChI is InChI=1S/C9H13N5O2S/c1-3-7-6(4-15)10-13-14(7)9-12-11-8(17-9)5-16-2/h15H,3-5H2,1-2H3. The molecule has 0 aliphatic rings. The lowest BCUT2D eigenvalue weighted by Crippen LogP contribution is -2.02. The Hall–Kier alpha value is -1.38. The molecule has 2 heterocycles. The van der Waals surface area contributed by atoms with E-state index in [1.54, 1.807) is 11.8 Å². The van der Waals surface area contributed by atoms with Crippen LogP contribution in [0.2, 0.25) is 0 Å². The third-order valence-corrected chi connectivity index (χ3v) is 3.11. The topological polar surface area (TPSA) is 86.0 Å². The molecule has 0 aliphatic heterocycles. The van der Waals surface area contributed by atoms with E-state index in [-0.39, 0.29) is 6.61 Å². The molecule has 0 bridgehead atoms. The molecular weight excluding hydrogens is 242 g/mol. The van der Waals surface area contributed by atoms with Gasteiger partial charge in [0.15, 0.2) is 0 Å². The van der Waals surface area contributed by atoms with Crippen molar-refractivity contribution < 1.29 is 9.84 Å². The SMILES string of the molecule is CCc1c(CO)nnn1-c1nnc(COC)s1. The normalized spacial score (nSPS) is 11.0. The van der Waals surface area contributed by atoms with E-state index in [0.29, 0.717) is 17.4 Å². The van der Waals surface area contributed by atoms with Gasteiger partial charge in [-0.2, -0.15) is 4.68 Å². The molecule has 8 heteroatoms. The van der Waals surface area contributed by atoms with E-state index < -0.39 is 0 Å². The van der Waals surface area contributed by atoms with Gasteiger partial charge in [-0.05, 0) is 6.42 Å². The molecule has 0 aliphatic carbocycles. The molecule has 0 radical (unpaired) electrons. The number of rotatable bonds is 5. The molecule has 2 aromatic rings. The van der Waals surface area contributed by atoms with Gasteiger partial charge in [0.05, 0.1) is 12.3 Å². The highest BCUT2D eigenvalue weighted by atomic mass is 32.1. The molecular formula is C9H13N5O2S. The van der Waals surface area contributed by atoms with Crippen LogP contribution >= 0.6 is 11.3 Å². The molecule has 0 spiro atoms. The van der Waals surface area contributed by atoms with Crippen LogP contribution in [-0.2, 0) is 24.4 Å². The number of nitrogens with zero attached hydrogens (tertiary/aromatic N) is 5. The summed E-state index contributed by atoms with van der Waals surface area (Å²) in [5, 5.41) is 26.5. The maximum absolute atomic E-state index is 9.13. The molecule has 0 atom stereocenters. The second kappa shape index (κ2) is 5.30. The van der Waals surface area contributed by atoms with Crippen molar-refractivity contribution in [1.82, 2.24) is 25.2 Å². The number of hydrogen-bond acceptors (Lipinski definition) is 7. The number of hydrogen-bond donors (Lipinski definition) is 1. The zero-order valence-electron chi connectivity index (χ0n) is 9.62. The Morgan fingerprint density at radius 3 is 2.82 bits per heavy atom. The summed E-state index contributed by atoms with van der Waals surface area (Å²) in [5.74, 6) is 0. The summed E-state index contributed by atoms with van der Waals surface area (Å²) >= 11 is 1.40. The van der Waals surface area contributed by atoms with Gasteiger partial charge in [-0.15, -0.1) is 15.3 Å². The Bertz CT molecular complexity index is 495. The third kappa shape index (κ3) is 2.33. The van der Waals surface area contributed by atoms with E-state index >= 15 is 0 Å². The zero-order chi connectivity index (χ0) is 12.3. The maximum Gasteiger partial charge on any atom is 0.234 e. The van der Waals surface area contributed by atoms with Crippen LogP contribution in [0.4, 0.5) is 0 Å². The minimum atomic E-state index is -0.118. The highest BCUT2D eigenvalue weighted by Crippen LogP contribution is 2.18. The van der Waals surface area contributed by atoms with Gasteiger partial charge in [-0.3, -0.25) is 0 Å². The lowest BCUT2D eigenvalue weighted by Gasteiger charge is -1.99. The first-order valence-corrected chi connectivity index (χ1v) is 5.97. The number of aromatic nitrogens is 5. The minimum absolute atomic E-state index is 0.118. The van der Waals surface area contributed by atoms with Crippen molar-refractivity contribution in [3.05, 3.63) is 16.4 Å². The number of ether oxygens (including phenoxy) is 1. The summed E-state index contributed by atoms with van der Waals surface area (Å²) in [7, 11) is 1.61. The van der Waals surface area contributed by atoms with Crippen LogP contribution in [-0.4, -0.2) is 37.4 Å². The first kappa shape index (κ1) is 12.1. The number of methoxy groups -OCH3 is 1. The van der Waals surface area contributed by atoms with Crippen molar-refractivity contribution >= 4 is 11.3 Å². The van der Waals surface area contributed by atoms with Gasteiger partial charge in [0.2, 0.25) is 5.13 Å². The summed E-state index contributed by atoms with van der Waals surface area (Å²) in [6, 6.07) is 0. The van der Waals surface area contributed by atoms with E-state index in [1.165, 1.54) is 11.3 Å². The van der Waals surface area contributed by atoms with Crippen LogP contribution in [0.5, 0.6) is 0 Å². The smallest absolute Gasteiger partial charge is 0.234 e. The highest BCUT2D eigenvalue weighted by molar-refractivity contribution is 7.13. The van der Waals surface area contributed by atoms with Crippen LogP contribution in [0.15, 0.2) is 0 Å². The summed E-state index contributed by atoms with van der Waals surface area (Å²) in [4.78, 5) is 0. The van der Waals surface area contributed by atoms with Gasteiger partial charge < -0.3 is 9.84 Å². The lowest BCUT2D eigenvalue weighted by molar-refractivity contribution is 0.184. The fraction of sp³-hybridized carbons (Fsp3) is 0.556. The Balaban J connectivity index is 2.34. The summed E-state index contributed by atoms with van der Waals surface area (Å²) in [5.41, 5.74) is 1.43. The van der Waals surface area contributed by atoms with Gasteiger partial charge in [0, 0.05) is 7.11 Å². The molecule has 17 heavy (non-hydrogen) atoms. The summed E-state index contributed by atoms with van der Waals surface area (Å²) in [6.45, 7) is 2.29. The van der Waals surface area contributed by atoms with Crippen molar-refractivity contribution in [2.24, 2.45) is 0 Å². The first-order chi connectivity index (χ1) is 8.30. The summed E-state index contributed by atoms with van der Waals surface area (Å²) in [6.07, 6.45) is 0.724. The van der Waals surface area contributed by atoms with E-state index in [9.17, 15) is 0 Å². The van der Waals surface area contributed by atoms with E-state index in [1.807, 2.05) is 6.92 Å². The predicted molar refractivity (Wildman–Crippen MR) is 60.8 cm³/mol. The molecule has 0 saturated carbocycles. The Morgan fingerprint density at radius 1 is 1.35 bits per heavy atom. The van der Waals surface area contributed by atoms with Gasteiger partial charge >= 0.3 is 0 Å². The average Bonchev–Trinajstić information content (AvgIpc) is 2.94. The fourth-order valence-electron chi connectivity index (χ4n) is 1.48. The average molecular weight is 255 g/mol.